The number of hydrogen-bond donors (Lipinski definition) is 2. The van der Waals surface area contributed by atoms with E-state index >= 15 is 0 Å². The van der Waals surface area contributed by atoms with Crippen LogP contribution in [0, 0.1) is 37.0 Å². The van der Waals surface area contributed by atoms with Crippen LogP contribution in [0.4, 0.5) is 5.69 Å². The van der Waals surface area contributed by atoms with Gasteiger partial charge in [0.05, 0.1) is 12.2 Å². The lowest BCUT2D eigenvalue weighted by molar-refractivity contribution is -0.147. The lowest BCUT2D eigenvalue weighted by atomic mass is 9.47. The number of nitrogens with zero attached hydrogens (tertiary/aromatic N) is 2. The molecular formula is C24H33BrN4O4S. The number of nitrogens with two attached hydrogens (primary N) is 1. The zero-order chi connectivity index (χ0) is 24.4. The summed E-state index contributed by atoms with van der Waals surface area (Å²) in [6, 6.07) is 3.87. The molecule has 5 fully saturated rings. The molecule has 2 atom stereocenters. The average Bonchev–Trinajstić information content (AvgIpc) is 2.72. The SMILES string of the molecule is Cc1cc(C)c(N2CCCN(CC(=O)NC3C4CC5CC3CC(C(N)=O)(C5)C4)S2(=O)=O)c(Br)c1. The predicted molar refractivity (Wildman–Crippen MR) is 133 cm³/mol. The van der Waals surface area contributed by atoms with E-state index < -0.39 is 15.6 Å². The standard InChI is InChI=1S/C24H33BrN4O4S/c1-14-6-15(2)22(19(25)7-14)29-5-3-4-28(34(29,32)33)13-20(30)27-21-17-8-16-9-18(21)12-24(10-16,11-17)23(26)31/h6-7,16-18,21H,3-5,8-13H2,1-2H3,(H2,26,31)(H,27,30). The summed E-state index contributed by atoms with van der Waals surface area (Å²) in [5.41, 5.74) is 7.92. The summed E-state index contributed by atoms with van der Waals surface area (Å²) >= 11 is 3.54. The third kappa shape index (κ3) is 3.95. The van der Waals surface area contributed by atoms with E-state index in [2.05, 4.69) is 21.2 Å². The van der Waals surface area contributed by atoms with Gasteiger partial charge in [-0.25, -0.2) is 0 Å². The molecule has 1 heterocycles. The molecule has 2 amide bonds. The topological polar surface area (TPSA) is 113 Å². The van der Waals surface area contributed by atoms with Gasteiger partial charge in [0.2, 0.25) is 11.8 Å². The second-order valence-electron chi connectivity index (χ2n) is 10.9. The maximum Gasteiger partial charge on any atom is 0.304 e. The van der Waals surface area contributed by atoms with Crippen LogP contribution >= 0.6 is 15.9 Å². The highest BCUT2D eigenvalue weighted by Gasteiger charge is 2.58. The fraction of sp³-hybridized carbons (Fsp3) is 0.667. The molecule has 1 aromatic rings. The van der Waals surface area contributed by atoms with Crippen molar-refractivity contribution < 1.29 is 18.0 Å². The van der Waals surface area contributed by atoms with Gasteiger partial charge in [0.25, 0.3) is 0 Å². The maximum absolute atomic E-state index is 13.5. The van der Waals surface area contributed by atoms with Crippen molar-refractivity contribution in [2.75, 3.05) is 23.9 Å². The fourth-order valence-electron chi connectivity index (χ4n) is 7.33. The second kappa shape index (κ2) is 8.48. The number of carbonyl (C=O) groups is 2. The van der Waals surface area contributed by atoms with Gasteiger partial charge >= 0.3 is 10.2 Å². The zero-order valence-electron chi connectivity index (χ0n) is 19.7. The van der Waals surface area contributed by atoms with Crippen molar-refractivity contribution in [3.63, 3.8) is 0 Å². The van der Waals surface area contributed by atoms with Crippen LogP contribution in [0.3, 0.4) is 0 Å². The van der Waals surface area contributed by atoms with Gasteiger partial charge in [-0.1, -0.05) is 6.07 Å². The molecule has 4 bridgehead atoms. The van der Waals surface area contributed by atoms with E-state index in [0.717, 1.165) is 47.7 Å². The summed E-state index contributed by atoms with van der Waals surface area (Å²) in [7, 11) is -3.84. The van der Waals surface area contributed by atoms with Crippen molar-refractivity contribution in [3.8, 4) is 0 Å². The third-order valence-corrected chi connectivity index (χ3v) is 11.0. The highest BCUT2D eigenvalue weighted by atomic mass is 79.9. The Bertz CT molecular complexity index is 1100. The van der Waals surface area contributed by atoms with Crippen molar-refractivity contribution in [1.29, 1.82) is 0 Å². The molecule has 186 valence electrons. The number of carbonyl (C=O) groups excluding carboxylic acids is 2. The minimum Gasteiger partial charge on any atom is -0.369 e. The summed E-state index contributed by atoms with van der Waals surface area (Å²) in [5.74, 6) is 0.515. The Morgan fingerprint density at radius 1 is 1.15 bits per heavy atom. The number of hydrogen-bond acceptors (Lipinski definition) is 4. The molecule has 34 heavy (non-hydrogen) atoms. The van der Waals surface area contributed by atoms with Gasteiger partial charge in [0, 0.05) is 29.0 Å². The van der Waals surface area contributed by atoms with Crippen LogP contribution in [0.1, 0.15) is 49.7 Å². The van der Waals surface area contributed by atoms with Crippen molar-refractivity contribution >= 4 is 43.6 Å². The molecule has 0 aromatic heterocycles. The van der Waals surface area contributed by atoms with E-state index in [1.54, 1.807) is 0 Å². The number of benzene rings is 1. The largest absolute Gasteiger partial charge is 0.369 e. The van der Waals surface area contributed by atoms with Crippen molar-refractivity contribution in [2.45, 2.75) is 58.4 Å². The van der Waals surface area contributed by atoms with Crippen LogP contribution in [0.2, 0.25) is 0 Å². The van der Waals surface area contributed by atoms with Crippen molar-refractivity contribution in [3.05, 3.63) is 27.7 Å². The van der Waals surface area contributed by atoms with E-state index in [1.807, 2.05) is 26.0 Å². The fourth-order valence-corrected chi connectivity index (χ4v) is 10.1. The Morgan fingerprint density at radius 2 is 1.82 bits per heavy atom. The molecule has 2 unspecified atom stereocenters. The van der Waals surface area contributed by atoms with Gasteiger partial charge in [-0.15, -0.1) is 0 Å². The van der Waals surface area contributed by atoms with E-state index in [9.17, 15) is 18.0 Å². The Kier molecular flexibility index (Phi) is 6.00. The molecule has 0 radical (unpaired) electrons. The first-order valence-electron chi connectivity index (χ1n) is 12.1. The number of nitrogens with one attached hydrogen (secondary N) is 1. The molecule has 5 aliphatic rings. The summed E-state index contributed by atoms with van der Waals surface area (Å²) in [5, 5.41) is 3.16. The average molecular weight is 554 g/mol. The summed E-state index contributed by atoms with van der Waals surface area (Å²) < 4.78 is 30.4. The molecule has 1 aromatic carbocycles. The second-order valence-corrected chi connectivity index (χ2v) is 13.6. The van der Waals surface area contributed by atoms with Crippen molar-refractivity contribution in [2.24, 2.45) is 28.9 Å². The molecule has 1 aliphatic heterocycles. The van der Waals surface area contributed by atoms with Crippen LogP contribution < -0.4 is 15.4 Å². The maximum atomic E-state index is 13.5. The summed E-state index contributed by atoms with van der Waals surface area (Å²) in [4.78, 5) is 25.3. The minimum atomic E-state index is -3.84. The van der Waals surface area contributed by atoms with Gasteiger partial charge in [-0.2, -0.15) is 12.7 Å². The van der Waals surface area contributed by atoms with Gasteiger partial charge in [0.15, 0.2) is 0 Å². The van der Waals surface area contributed by atoms with E-state index in [0.29, 0.717) is 31.1 Å². The molecule has 4 saturated carbocycles. The first kappa shape index (κ1) is 24.1. The minimum absolute atomic E-state index is 0.00592. The lowest BCUT2D eigenvalue weighted by Crippen LogP contribution is -2.63. The van der Waals surface area contributed by atoms with Crippen molar-refractivity contribution in [1.82, 2.24) is 9.62 Å². The number of aryl methyl sites for hydroxylation is 2. The number of anilines is 1. The van der Waals surface area contributed by atoms with Gasteiger partial charge < -0.3 is 11.1 Å². The first-order chi connectivity index (χ1) is 16.0. The van der Waals surface area contributed by atoms with Gasteiger partial charge in [-0.05, 0) is 103 Å². The summed E-state index contributed by atoms with van der Waals surface area (Å²) in [6.45, 7) is 4.38. The van der Waals surface area contributed by atoms with Gasteiger partial charge in [-0.3, -0.25) is 13.9 Å². The third-order valence-electron chi connectivity index (χ3n) is 8.46. The lowest BCUT2D eigenvalue weighted by Gasteiger charge is -2.58. The molecule has 6 rings (SSSR count). The van der Waals surface area contributed by atoms with E-state index in [1.165, 1.54) is 8.61 Å². The predicted octanol–water partition coefficient (Wildman–Crippen LogP) is 2.62. The van der Waals surface area contributed by atoms with Crippen LogP contribution in [0.25, 0.3) is 0 Å². The van der Waals surface area contributed by atoms with Crippen LogP contribution in [-0.4, -0.2) is 50.2 Å². The molecule has 3 N–H and O–H groups in total. The quantitative estimate of drug-likeness (QED) is 0.584. The number of rotatable bonds is 5. The Hall–Kier alpha value is -1.65. The van der Waals surface area contributed by atoms with Gasteiger partial charge in [0.1, 0.15) is 0 Å². The van der Waals surface area contributed by atoms with E-state index in [-0.39, 0.29) is 36.2 Å². The highest BCUT2D eigenvalue weighted by Crippen LogP contribution is 2.59. The Balaban J connectivity index is 1.30. The molecule has 10 heteroatoms. The molecule has 8 nitrogen and oxygen atoms in total. The number of halogens is 1. The molecule has 4 aliphatic carbocycles. The molecule has 1 saturated heterocycles. The summed E-state index contributed by atoms with van der Waals surface area (Å²) in [6.07, 6.45) is 5.00. The number of primary amides is 1. The van der Waals surface area contributed by atoms with Crippen LogP contribution in [0.15, 0.2) is 16.6 Å². The normalized spacial score (nSPS) is 34.3. The first-order valence-corrected chi connectivity index (χ1v) is 14.3. The molecule has 0 spiro atoms. The zero-order valence-corrected chi connectivity index (χ0v) is 22.1. The highest BCUT2D eigenvalue weighted by molar-refractivity contribution is 9.10. The molecular weight excluding hydrogens is 520 g/mol. The van der Waals surface area contributed by atoms with Crippen LogP contribution in [-0.2, 0) is 19.8 Å². The smallest absolute Gasteiger partial charge is 0.304 e. The Morgan fingerprint density at radius 3 is 2.44 bits per heavy atom. The monoisotopic (exact) mass is 552 g/mol. The number of amides is 2. The Labute approximate surface area is 209 Å². The van der Waals surface area contributed by atoms with E-state index in [4.69, 9.17) is 5.73 Å². The van der Waals surface area contributed by atoms with Crippen LogP contribution in [0.5, 0.6) is 0 Å².